The Morgan fingerprint density at radius 2 is 1.91 bits per heavy atom. The molecule has 0 radical (unpaired) electrons. The van der Waals surface area contributed by atoms with E-state index < -0.39 is 0 Å². The van der Waals surface area contributed by atoms with E-state index in [4.69, 9.17) is 16.3 Å². The number of rotatable bonds is 7. The molecule has 0 unspecified atom stereocenters. The summed E-state index contributed by atoms with van der Waals surface area (Å²) in [7, 11) is 1.63. The van der Waals surface area contributed by atoms with Crippen LogP contribution in [0.1, 0.15) is 24.1 Å². The molecule has 2 rings (SSSR count). The number of methoxy groups -OCH3 is 1. The Kier molecular flexibility index (Phi) is 6.44. The van der Waals surface area contributed by atoms with E-state index in [1.807, 2.05) is 53.8 Å². The Balaban J connectivity index is 1.80. The van der Waals surface area contributed by atoms with Crippen LogP contribution in [0.2, 0.25) is 5.02 Å². The molecule has 1 amide bonds. The standard InChI is InChI=1S/C18H21ClN2O2/c1-13(14-7-9-16(19)10-8-14)20-12-18(22)21-11-15-5-3-4-6-17(15)23-2/h3-10,13,20H,11-12H2,1-2H3,(H,21,22)/p+1/t13-/m0/s1. The molecule has 2 aromatic rings. The first-order chi connectivity index (χ1) is 11.1. The Labute approximate surface area is 141 Å². The van der Waals surface area contributed by atoms with Gasteiger partial charge in [-0.1, -0.05) is 41.9 Å². The molecule has 0 aromatic heterocycles. The van der Waals surface area contributed by atoms with Gasteiger partial charge in [-0.25, -0.2) is 0 Å². The van der Waals surface area contributed by atoms with Gasteiger partial charge in [0.1, 0.15) is 11.8 Å². The largest absolute Gasteiger partial charge is 0.496 e. The van der Waals surface area contributed by atoms with Crippen molar-refractivity contribution in [3.05, 3.63) is 64.7 Å². The van der Waals surface area contributed by atoms with E-state index in [1.54, 1.807) is 7.11 Å². The van der Waals surface area contributed by atoms with E-state index in [0.29, 0.717) is 13.1 Å². The second-order valence-electron chi connectivity index (χ2n) is 5.37. The van der Waals surface area contributed by atoms with Crippen LogP contribution in [0.4, 0.5) is 0 Å². The Hall–Kier alpha value is -2.04. The van der Waals surface area contributed by atoms with Gasteiger partial charge in [0.15, 0.2) is 6.54 Å². The van der Waals surface area contributed by atoms with Crippen molar-refractivity contribution in [2.45, 2.75) is 19.5 Å². The zero-order valence-corrected chi connectivity index (χ0v) is 14.1. The summed E-state index contributed by atoms with van der Waals surface area (Å²) >= 11 is 5.88. The van der Waals surface area contributed by atoms with Gasteiger partial charge in [0.2, 0.25) is 0 Å². The Morgan fingerprint density at radius 3 is 2.61 bits per heavy atom. The molecule has 0 fully saturated rings. The van der Waals surface area contributed by atoms with Crippen LogP contribution in [0, 0.1) is 0 Å². The number of ether oxygens (including phenoxy) is 1. The first-order valence-electron chi connectivity index (χ1n) is 7.57. The summed E-state index contributed by atoms with van der Waals surface area (Å²) in [6.45, 7) is 2.90. The van der Waals surface area contributed by atoms with Crippen molar-refractivity contribution in [2.75, 3.05) is 13.7 Å². The SMILES string of the molecule is COc1ccccc1CNC(=O)C[NH2+][C@@H](C)c1ccc(Cl)cc1. The van der Waals surface area contributed by atoms with Crippen LogP contribution in [-0.2, 0) is 11.3 Å². The van der Waals surface area contributed by atoms with Gasteiger partial charge < -0.3 is 15.4 Å². The van der Waals surface area contributed by atoms with Crippen molar-refractivity contribution in [1.82, 2.24) is 5.32 Å². The van der Waals surface area contributed by atoms with Gasteiger partial charge in [-0.15, -0.1) is 0 Å². The highest BCUT2D eigenvalue weighted by Gasteiger charge is 2.12. The first-order valence-corrected chi connectivity index (χ1v) is 7.95. The second-order valence-corrected chi connectivity index (χ2v) is 5.81. The maximum Gasteiger partial charge on any atom is 0.275 e. The molecule has 4 nitrogen and oxygen atoms in total. The molecular weight excluding hydrogens is 312 g/mol. The van der Waals surface area contributed by atoms with Gasteiger partial charge in [0, 0.05) is 22.7 Å². The summed E-state index contributed by atoms with van der Waals surface area (Å²) in [5.41, 5.74) is 2.11. The molecule has 0 saturated carbocycles. The van der Waals surface area contributed by atoms with Crippen LogP contribution in [0.15, 0.2) is 48.5 Å². The fourth-order valence-corrected chi connectivity index (χ4v) is 2.43. The van der Waals surface area contributed by atoms with E-state index in [-0.39, 0.29) is 11.9 Å². The molecule has 0 saturated heterocycles. The Morgan fingerprint density at radius 1 is 1.22 bits per heavy atom. The molecule has 5 heteroatoms. The molecule has 0 spiro atoms. The molecule has 3 N–H and O–H groups in total. The average molecular weight is 334 g/mol. The lowest BCUT2D eigenvalue weighted by Gasteiger charge is -2.12. The number of hydrogen-bond acceptors (Lipinski definition) is 2. The van der Waals surface area contributed by atoms with Crippen molar-refractivity contribution in [3.8, 4) is 5.75 Å². The highest BCUT2D eigenvalue weighted by Crippen LogP contribution is 2.16. The van der Waals surface area contributed by atoms with Crippen molar-refractivity contribution < 1.29 is 14.8 Å². The third-order valence-corrected chi connectivity index (χ3v) is 3.97. The number of quaternary nitrogens is 1. The zero-order valence-electron chi connectivity index (χ0n) is 13.4. The highest BCUT2D eigenvalue weighted by atomic mass is 35.5. The molecule has 122 valence electrons. The first kappa shape index (κ1) is 17.3. The van der Waals surface area contributed by atoms with Crippen LogP contribution < -0.4 is 15.4 Å². The molecule has 23 heavy (non-hydrogen) atoms. The molecule has 1 atom stereocenters. The van der Waals surface area contributed by atoms with Gasteiger partial charge in [-0.3, -0.25) is 4.79 Å². The lowest BCUT2D eigenvalue weighted by molar-refractivity contribution is -0.682. The van der Waals surface area contributed by atoms with Crippen LogP contribution in [0.3, 0.4) is 0 Å². The predicted octanol–water partition coefficient (Wildman–Crippen LogP) is 2.29. The molecule has 0 bridgehead atoms. The maximum atomic E-state index is 12.0. The lowest BCUT2D eigenvalue weighted by Crippen LogP contribution is -2.87. The number of nitrogens with two attached hydrogens (primary N) is 1. The lowest BCUT2D eigenvalue weighted by atomic mass is 10.1. The predicted molar refractivity (Wildman–Crippen MR) is 91.5 cm³/mol. The number of benzene rings is 2. The number of para-hydroxylation sites is 1. The van der Waals surface area contributed by atoms with Gasteiger partial charge in [0.25, 0.3) is 5.91 Å². The third-order valence-electron chi connectivity index (χ3n) is 3.72. The number of carbonyl (C=O) groups is 1. The number of amides is 1. The fraction of sp³-hybridized carbons (Fsp3) is 0.278. The fourth-order valence-electron chi connectivity index (χ4n) is 2.30. The van der Waals surface area contributed by atoms with Crippen molar-refractivity contribution in [2.24, 2.45) is 0 Å². The van der Waals surface area contributed by atoms with Gasteiger partial charge in [-0.2, -0.15) is 0 Å². The summed E-state index contributed by atoms with van der Waals surface area (Å²) in [5, 5.41) is 5.64. The molecule has 0 aliphatic heterocycles. The minimum absolute atomic E-state index is 0.00304. The summed E-state index contributed by atoms with van der Waals surface area (Å²) < 4.78 is 5.27. The summed E-state index contributed by atoms with van der Waals surface area (Å²) in [4.78, 5) is 12.0. The minimum atomic E-state index is -0.00304. The topological polar surface area (TPSA) is 54.9 Å². The number of halogens is 1. The van der Waals surface area contributed by atoms with E-state index >= 15 is 0 Å². The third kappa shape index (κ3) is 5.27. The van der Waals surface area contributed by atoms with Gasteiger partial charge >= 0.3 is 0 Å². The maximum absolute atomic E-state index is 12.0. The second kappa shape index (κ2) is 8.56. The monoisotopic (exact) mass is 333 g/mol. The van der Waals surface area contributed by atoms with Crippen LogP contribution in [0.5, 0.6) is 5.75 Å². The van der Waals surface area contributed by atoms with E-state index in [2.05, 4.69) is 12.2 Å². The minimum Gasteiger partial charge on any atom is -0.496 e. The van der Waals surface area contributed by atoms with Crippen LogP contribution >= 0.6 is 11.6 Å². The Bertz CT molecular complexity index is 644. The summed E-state index contributed by atoms with van der Waals surface area (Å²) in [6, 6.07) is 15.6. The number of hydrogen-bond donors (Lipinski definition) is 2. The molecule has 0 aliphatic carbocycles. The molecule has 0 aliphatic rings. The van der Waals surface area contributed by atoms with Crippen molar-refractivity contribution in [3.63, 3.8) is 0 Å². The van der Waals surface area contributed by atoms with Gasteiger partial charge in [-0.05, 0) is 25.1 Å². The quantitative estimate of drug-likeness (QED) is 0.817. The van der Waals surface area contributed by atoms with E-state index in [1.165, 1.54) is 0 Å². The van der Waals surface area contributed by atoms with Crippen LogP contribution in [-0.4, -0.2) is 19.6 Å². The summed E-state index contributed by atoms with van der Waals surface area (Å²) in [6.07, 6.45) is 0. The van der Waals surface area contributed by atoms with E-state index in [9.17, 15) is 4.79 Å². The van der Waals surface area contributed by atoms with E-state index in [0.717, 1.165) is 21.9 Å². The zero-order chi connectivity index (χ0) is 16.7. The van der Waals surface area contributed by atoms with Gasteiger partial charge in [0.05, 0.1) is 7.11 Å². The molecule has 0 heterocycles. The van der Waals surface area contributed by atoms with Crippen molar-refractivity contribution >= 4 is 17.5 Å². The average Bonchev–Trinajstić information content (AvgIpc) is 2.58. The number of carbonyl (C=O) groups excluding carboxylic acids is 1. The van der Waals surface area contributed by atoms with Crippen molar-refractivity contribution in [1.29, 1.82) is 0 Å². The molecule has 2 aromatic carbocycles. The summed E-state index contributed by atoms with van der Waals surface area (Å²) in [5.74, 6) is 0.781. The van der Waals surface area contributed by atoms with Crippen LogP contribution in [0.25, 0.3) is 0 Å². The number of nitrogens with one attached hydrogen (secondary N) is 1. The smallest absolute Gasteiger partial charge is 0.275 e. The highest BCUT2D eigenvalue weighted by molar-refractivity contribution is 6.30. The molecular formula is C18H22ClN2O2+. The normalized spacial score (nSPS) is 11.8.